The number of aliphatic hydroxyl groups is 1. The maximum absolute atomic E-state index is 12.4. The molecule has 1 N–H and O–H groups in total. The molecular formula is C14H18O5. The van der Waals surface area contributed by atoms with Crippen molar-refractivity contribution in [1.82, 2.24) is 0 Å². The van der Waals surface area contributed by atoms with Gasteiger partial charge in [-0.15, -0.1) is 0 Å². The molecule has 0 radical (unpaired) electrons. The van der Waals surface area contributed by atoms with Crippen molar-refractivity contribution in [3.8, 4) is 0 Å². The number of hydrogen-bond donors (Lipinski definition) is 1. The van der Waals surface area contributed by atoms with Crippen LogP contribution < -0.4 is 0 Å². The van der Waals surface area contributed by atoms with Gasteiger partial charge in [-0.1, -0.05) is 13.8 Å². The summed E-state index contributed by atoms with van der Waals surface area (Å²) in [6.45, 7) is 4.52. The molecule has 1 aliphatic carbocycles. The maximum atomic E-state index is 12.4. The Kier molecular flexibility index (Phi) is 2.12. The predicted octanol–water partition coefficient (Wildman–Crippen LogP) is 1.11. The molecule has 0 unspecified atom stereocenters. The summed E-state index contributed by atoms with van der Waals surface area (Å²) in [6.07, 6.45) is 0.771. The molecule has 4 atom stereocenters. The third-order valence-electron chi connectivity index (χ3n) is 4.59. The number of fused-ring (bicyclic) bond motifs is 7. The van der Waals surface area contributed by atoms with E-state index < -0.39 is 12.1 Å². The van der Waals surface area contributed by atoms with Gasteiger partial charge in [-0.05, 0) is 5.41 Å². The lowest BCUT2D eigenvalue weighted by Gasteiger charge is -2.48. The Labute approximate surface area is 111 Å². The lowest BCUT2D eigenvalue weighted by Crippen LogP contribution is -2.56. The lowest BCUT2D eigenvalue weighted by molar-refractivity contribution is -0.331. The summed E-state index contributed by atoms with van der Waals surface area (Å²) in [6, 6.07) is 0. The molecule has 104 valence electrons. The molecule has 0 aromatic rings. The van der Waals surface area contributed by atoms with Gasteiger partial charge >= 0.3 is 0 Å². The molecule has 5 heteroatoms. The van der Waals surface area contributed by atoms with Gasteiger partial charge in [0.1, 0.15) is 5.76 Å². The summed E-state index contributed by atoms with van der Waals surface area (Å²) < 4.78 is 16.8. The van der Waals surface area contributed by atoms with E-state index in [-0.39, 0.29) is 23.2 Å². The Morgan fingerprint density at radius 2 is 2.11 bits per heavy atom. The van der Waals surface area contributed by atoms with E-state index in [2.05, 4.69) is 0 Å². The van der Waals surface area contributed by atoms with E-state index in [4.69, 9.17) is 14.2 Å². The molecule has 4 rings (SSSR count). The van der Waals surface area contributed by atoms with Crippen LogP contribution in [0.1, 0.15) is 33.1 Å². The first-order valence-electron chi connectivity index (χ1n) is 6.83. The van der Waals surface area contributed by atoms with Gasteiger partial charge in [0.2, 0.25) is 6.29 Å². The van der Waals surface area contributed by atoms with Gasteiger partial charge in [0.15, 0.2) is 5.78 Å². The fraction of sp³-hybridized carbons (Fsp3) is 0.786. The monoisotopic (exact) mass is 266 g/mol. The maximum Gasteiger partial charge on any atom is 0.259 e. The minimum absolute atomic E-state index is 0.0869. The van der Waals surface area contributed by atoms with Crippen molar-refractivity contribution in [2.75, 3.05) is 6.61 Å². The molecule has 2 saturated heterocycles. The largest absolute Gasteiger partial charge is 0.461 e. The summed E-state index contributed by atoms with van der Waals surface area (Å²) in [7, 11) is 0. The summed E-state index contributed by atoms with van der Waals surface area (Å²) in [5.41, 5.74) is 0.622. The predicted molar refractivity (Wildman–Crippen MR) is 63.8 cm³/mol. The Bertz CT molecular complexity index is 494. The van der Waals surface area contributed by atoms with Crippen LogP contribution in [0.3, 0.4) is 0 Å². The molecule has 0 aromatic carbocycles. The highest BCUT2D eigenvalue weighted by molar-refractivity contribution is 5.98. The molecule has 0 aromatic heterocycles. The smallest absolute Gasteiger partial charge is 0.259 e. The zero-order valence-corrected chi connectivity index (χ0v) is 11.1. The van der Waals surface area contributed by atoms with E-state index in [1.807, 2.05) is 13.8 Å². The van der Waals surface area contributed by atoms with Crippen LogP contribution in [-0.2, 0) is 19.0 Å². The molecule has 0 saturated carbocycles. The van der Waals surface area contributed by atoms with Crippen LogP contribution in [0.4, 0.5) is 0 Å². The highest BCUT2D eigenvalue weighted by Crippen LogP contribution is 2.52. The van der Waals surface area contributed by atoms with Gasteiger partial charge in [-0.2, -0.15) is 0 Å². The second-order valence-electron chi connectivity index (χ2n) is 6.88. The number of allylic oxidation sites excluding steroid dienone is 1. The van der Waals surface area contributed by atoms with Crippen LogP contribution in [0.5, 0.6) is 0 Å². The van der Waals surface area contributed by atoms with Crippen molar-refractivity contribution in [2.45, 2.75) is 51.3 Å². The lowest BCUT2D eigenvalue weighted by atomic mass is 9.70. The van der Waals surface area contributed by atoms with E-state index in [9.17, 15) is 9.90 Å². The molecule has 4 bridgehead atoms. The Hall–Kier alpha value is -0.910. The number of hydrogen-bond acceptors (Lipinski definition) is 5. The van der Waals surface area contributed by atoms with E-state index in [1.54, 1.807) is 0 Å². The Morgan fingerprint density at radius 3 is 2.89 bits per heavy atom. The summed E-state index contributed by atoms with van der Waals surface area (Å²) in [5.74, 6) is -0.725. The van der Waals surface area contributed by atoms with Crippen molar-refractivity contribution in [2.24, 2.45) is 11.3 Å². The molecular weight excluding hydrogens is 248 g/mol. The van der Waals surface area contributed by atoms with Crippen molar-refractivity contribution in [3.05, 3.63) is 11.3 Å². The second-order valence-corrected chi connectivity index (χ2v) is 6.88. The van der Waals surface area contributed by atoms with Crippen LogP contribution in [0.15, 0.2) is 11.3 Å². The molecule has 3 aliphatic heterocycles. The fourth-order valence-electron chi connectivity index (χ4n) is 3.78. The highest BCUT2D eigenvalue weighted by Gasteiger charge is 2.60. The number of Topliss-reactive ketones (excluding diaryl/α,β-unsaturated/α-hetero) is 1. The topological polar surface area (TPSA) is 65.0 Å². The molecule has 5 nitrogen and oxygen atoms in total. The van der Waals surface area contributed by atoms with Crippen LogP contribution in [0, 0.1) is 11.3 Å². The van der Waals surface area contributed by atoms with Crippen molar-refractivity contribution in [1.29, 1.82) is 0 Å². The van der Waals surface area contributed by atoms with E-state index in [0.717, 1.165) is 5.57 Å². The van der Waals surface area contributed by atoms with Gasteiger partial charge in [0.25, 0.3) is 5.79 Å². The number of carbonyl (C=O) groups is 1. The van der Waals surface area contributed by atoms with Gasteiger partial charge < -0.3 is 19.3 Å². The molecule has 0 spiro atoms. The summed E-state index contributed by atoms with van der Waals surface area (Å²) in [4.78, 5) is 12.4. The molecule has 4 aliphatic rings. The number of carbonyl (C=O) groups excluding carboxylic acids is 1. The van der Waals surface area contributed by atoms with Crippen LogP contribution in [0.25, 0.3) is 0 Å². The first-order chi connectivity index (χ1) is 8.88. The van der Waals surface area contributed by atoms with Gasteiger partial charge in [-0.3, -0.25) is 4.79 Å². The SMILES string of the molecule is CC1(C)CC(=O)C2=C(C1)O[C@]1(O)C[C@H]2[C@H]2CO[C@@H]1O2. The number of ether oxygens (including phenoxy) is 3. The average Bonchev–Trinajstić information content (AvgIpc) is 2.70. The van der Waals surface area contributed by atoms with Crippen LogP contribution in [-0.4, -0.2) is 35.7 Å². The van der Waals surface area contributed by atoms with Gasteiger partial charge in [0.05, 0.1) is 12.7 Å². The first kappa shape index (κ1) is 11.9. The third-order valence-corrected chi connectivity index (χ3v) is 4.59. The first-order valence-corrected chi connectivity index (χ1v) is 6.83. The van der Waals surface area contributed by atoms with Gasteiger partial charge in [0, 0.05) is 30.8 Å². The highest BCUT2D eigenvalue weighted by atomic mass is 16.8. The molecule has 0 amide bonds. The molecule has 2 fully saturated rings. The van der Waals surface area contributed by atoms with E-state index in [0.29, 0.717) is 31.6 Å². The van der Waals surface area contributed by atoms with E-state index >= 15 is 0 Å². The third kappa shape index (κ3) is 1.55. The number of ketones is 1. The molecule has 19 heavy (non-hydrogen) atoms. The average molecular weight is 266 g/mol. The minimum Gasteiger partial charge on any atom is -0.461 e. The standard InChI is InChI=1S/C14H18O5/c1-13(2)4-8(15)11-7-3-14(16,19-9(11)5-13)12-17-6-10(7)18-12/h7,10,12,16H,3-6H2,1-2H3/t7-,10+,12+,14+/m0/s1. The van der Waals surface area contributed by atoms with Crippen LogP contribution >= 0.6 is 0 Å². The van der Waals surface area contributed by atoms with Gasteiger partial charge in [-0.25, -0.2) is 0 Å². The van der Waals surface area contributed by atoms with E-state index in [1.165, 1.54) is 0 Å². The Morgan fingerprint density at radius 1 is 1.32 bits per heavy atom. The zero-order valence-electron chi connectivity index (χ0n) is 11.1. The fourth-order valence-corrected chi connectivity index (χ4v) is 3.78. The molecule has 3 heterocycles. The normalized spacial score (nSPS) is 46.9. The van der Waals surface area contributed by atoms with Crippen molar-refractivity contribution >= 4 is 5.78 Å². The van der Waals surface area contributed by atoms with Crippen molar-refractivity contribution < 1.29 is 24.1 Å². The summed E-state index contributed by atoms with van der Waals surface area (Å²) >= 11 is 0. The second kappa shape index (κ2) is 3.40. The van der Waals surface area contributed by atoms with Crippen molar-refractivity contribution in [3.63, 3.8) is 0 Å². The van der Waals surface area contributed by atoms with Crippen LogP contribution in [0.2, 0.25) is 0 Å². The summed E-state index contributed by atoms with van der Waals surface area (Å²) in [5, 5.41) is 10.6. The Balaban J connectivity index is 1.81. The quantitative estimate of drug-likeness (QED) is 0.711. The number of rotatable bonds is 0. The minimum atomic E-state index is -1.43. The zero-order chi connectivity index (χ0) is 13.4.